The summed E-state index contributed by atoms with van der Waals surface area (Å²) in [4.78, 5) is 59.0. The normalized spacial score (nSPS) is 14.9. The number of carbonyl (C=O) groups excluding carboxylic acids is 3. The van der Waals surface area contributed by atoms with Gasteiger partial charge in [0.25, 0.3) is 0 Å². The summed E-state index contributed by atoms with van der Waals surface area (Å²) in [6, 6.07) is -4.59. The molecule has 0 aliphatic rings. The van der Waals surface area contributed by atoms with Crippen LogP contribution in [0.3, 0.4) is 0 Å². The second-order valence-electron chi connectivity index (χ2n) is 7.35. The van der Waals surface area contributed by atoms with Gasteiger partial charge in [-0.1, -0.05) is 13.8 Å². The zero-order valence-corrected chi connectivity index (χ0v) is 17.5. The molecule has 4 atom stereocenters. The monoisotopic (exact) mass is 431 g/mol. The van der Waals surface area contributed by atoms with Gasteiger partial charge in [-0.15, -0.1) is 0 Å². The van der Waals surface area contributed by atoms with E-state index >= 15 is 0 Å². The van der Waals surface area contributed by atoms with E-state index in [0.717, 1.165) is 0 Å². The number of carboxylic acids is 2. The summed E-state index contributed by atoms with van der Waals surface area (Å²) in [5.74, 6) is -5.01. The van der Waals surface area contributed by atoms with Gasteiger partial charge < -0.3 is 37.6 Å². The molecule has 0 spiro atoms. The Labute approximate surface area is 175 Å². The highest BCUT2D eigenvalue weighted by molar-refractivity contribution is 5.94. The van der Waals surface area contributed by atoms with Crippen LogP contribution in [0.2, 0.25) is 0 Å². The Morgan fingerprint density at radius 2 is 1.47 bits per heavy atom. The van der Waals surface area contributed by atoms with Crippen LogP contribution in [0.5, 0.6) is 0 Å². The molecule has 0 aromatic rings. The van der Waals surface area contributed by atoms with Gasteiger partial charge in [0.15, 0.2) is 0 Å². The average molecular weight is 431 g/mol. The van der Waals surface area contributed by atoms with Crippen LogP contribution in [0.15, 0.2) is 0 Å². The Hall–Kier alpha value is -2.73. The molecule has 0 rings (SSSR count). The molecule has 0 saturated heterocycles. The minimum absolute atomic E-state index is 0.201. The smallest absolute Gasteiger partial charge is 0.325 e. The lowest BCUT2D eigenvalue weighted by Crippen LogP contribution is -2.58. The van der Waals surface area contributed by atoms with E-state index in [-0.39, 0.29) is 12.3 Å². The van der Waals surface area contributed by atoms with Gasteiger partial charge in [0.1, 0.15) is 18.1 Å². The summed E-state index contributed by atoms with van der Waals surface area (Å²) < 4.78 is 0. The summed E-state index contributed by atoms with van der Waals surface area (Å²) in [6.07, 6.45) is 0.683. The number of rotatable bonds is 14. The first-order valence-corrected chi connectivity index (χ1v) is 9.72. The van der Waals surface area contributed by atoms with Gasteiger partial charge in [0.2, 0.25) is 17.7 Å². The van der Waals surface area contributed by atoms with E-state index in [1.807, 2.05) is 0 Å². The zero-order chi connectivity index (χ0) is 23.4. The number of amides is 3. The number of unbranched alkanes of at least 4 members (excludes halogenated alkanes) is 1. The number of hydrogen-bond acceptors (Lipinski definition) is 7. The lowest BCUT2D eigenvalue weighted by Gasteiger charge is -2.26. The highest BCUT2D eigenvalue weighted by Gasteiger charge is 2.31. The predicted molar refractivity (Wildman–Crippen MR) is 107 cm³/mol. The Morgan fingerprint density at radius 3 is 1.93 bits per heavy atom. The van der Waals surface area contributed by atoms with Crippen molar-refractivity contribution in [2.75, 3.05) is 6.54 Å². The predicted octanol–water partition coefficient (Wildman–Crippen LogP) is -1.87. The van der Waals surface area contributed by atoms with Gasteiger partial charge in [-0.25, -0.2) is 0 Å². The second-order valence-corrected chi connectivity index (χ2v) is 7.35. The molecule has 0 aromatic carbocycles. The van der Waals surface area contributed by atoms with Crippen molar-refractivity contribution >= 4 is 29.7 Å². The molecule has 0 bridgehead atoms. The molecule has 0 fully saturated rings. The fourth-order valence-corrected chi connectivity index (χ4v) is 2.47. The topological polar surface area (TPSA) is 214 Å². The summed E-state index contributed by atoms with van der Waals surface area (Å²) in [5, 5.41) is 24.9. The first-order chi connectivity index (χ1) is 13.9. The number of hydrogen-bond donors (Lipinski definition) is 7. The van der Waals surface area contributed by atoms with Crippen molar-refractivity contribution in [1.82, 2.24) is 16.0 Å². The fraction of sp³-hybridized carbons (Fsp3) is 0.722. The maximum absolute atomic E-state index is 12.7. The van der Waals surface area contributed by atoms with Crippen molar-refractivity contribution in [2.24, 2.45) is 17.4 Å². The first kappa shape index (κ1) is 27.3. The van der Waals surface area contributed by atoms with Crippen molar-refractivity contribution < 1.29 is 34.2 Å². The lowest BCUT2D eigenvalue weighted by molar-refractivity contribution is -0.142. The van der Waals surface area contributed by atoms with Crippen molar-refractivity contribution in [3.8, 4) is 0 Å². The van der Waals surface area contributed by atoms with Gasteiger partial charge >= 0.3 is 11.9 Å². The molecule has 4 unspecified atom stereocenters. The molecule has 3 amide bonds. The molecule has 12 heteroatoms. The minimum Gasteiger partial charge on any atom is -0.481 e. The van der Waals surface area contributed by atoms with Crippen LogP contribution in [0.25, 0.3) is 0 Å². The highest BCUT2D eigenvalue weighted by atomic mass is 16.4. The van der Waals surface area contributed by atoms with Crippen molar-refractivity contribution in [3.63, 3.8) is 0 Å². The number of carbonyl (C=O) groups is 5. The van der Waals surface area contributed by atoms with E-state index < -0.39 is 60.2 Å². The van der Waals surface area contributed by atoms with Gasteiger partial charge in [-0.3, -0.25) is 24.0 Å². The minimum atomic E-state index is -1.34. The van der Waals surface area contributed by atoms with Crippen molar-refractivity contribution in [3.05, 3.63) is 0 Å². The van der Waals surface area contributed by atoms with Crippen molar-refractivity contribution in [2.45, 2.75) is 70.6 Å². The number of carboxylic acid groups (broad SMARTS) is 2. The van der Waals surface area contributed by atoms with Crippen LogP contribution >= 0.6 is 0 Å². The summed E-state index contributed by atoms with van der Waals surface area (Å²) >= 11 is 0. The van der Waals surface area contributed by atoms with Crippen LogP contribution in [0.4, 0.5) is 0 Å². The first-order valence-electron chi connectivity index (χ1n) is 9.72. The highest BCUT2D eigenvalue weighted by Crippen LogP contribution is 2.07. The van der Waals surface area contributed by atoms with E-state index in [1.54, 1.807) is 13.8 Å². The number of nitrogens with one attached hydrogen (secondary N) is 3. The molecular formula is C18H33N5O7. The molecule has 172 valence electrons. The van der Waals surface area contributed by atoms with Crippen LogP contribution in [0, 0.1) is 5.92 Å². The van der Waals surface area contributed by atoms with E-state index in [9.17, 15) is 24.0 Å². The standard InChI is InChI=1S/C18H33N5O7/c1-9(2)14(17(28)21-10(3)18(29)30)23-16(27)12(6-4-5-7-19)22-15(26)11(20)8-13(24)25/h9-12,14H,4-8,19-20H2,1-3H3,(H,21,28)(H,22,26)(H,23,27)(H,24,25)(H,29,30). The quantitative estimate of drug-likeness (QED) is 0.153. The third-order valence-electron chi connectivity index (χ3n) is 4.29. The van der Waals surface area contributed by atoms with E-state index in [0.29, 0.717) is 19.4 Å². The van der Waals surface area contributed by atoms with Crippen molar-refractivity contribution in [1.29, 1.82) is 0 Å². The molecule has 30 heavy (non-hydrogen) atoms. The average Bonchev–Trinajstić information content (AvgIpc) is 2.63. The summed E-state index contributed by atoms with van der Waals surface area (Å²) in [5.41, 5.74) is 11.0. The van der Waals surface area contributed by atoms with Crippen LogP contribution < -0.4 is 27.4 Å². The van der Waals surface area contributed by atoms with Crippen LogP contribution in [-0.4, -0.2) is 70.6 Å². The maximum Gasteiger partial charge on any atom is 0.325 e. The van der Waals surface area contributed by atoms with Gasteiger partial charge in [0.05, 0.1) is 12.5 Å². The Bertz CT molecular complexity index is 626. The third kappa shape index (κ3) is 10.2. The second kappa shape index (κ2) is 13.5. The maximum atomic E-state index is 12.7. The summed E-state index contributed by atoms with van der Waals surface area (Å²) in [6.45, 7) is 5.01. The van der Waals surface area contributed by atoms with E-state index in [4.69, 9.17) is 21.7 Å². The Kier molecular flexibility index (Phi) is 12.3. The zero-order valence-electron chi connectivity index (χ0n) is 17.5. The van der Waals surface area contributed by atoms with E-state index in [2.05, 4.69) is 16.0 Å². The van der Waals surface area contributed by atoms with E-state index in [1.165, 1.54) is 6.92 Å². The van der Waals surface area contributed by atoms with Gasteiger partial charge in [-0.05, 0) is 38.6 Å². The number of aliphatic carboxylic acids is 2. The molecule has 0 aliphatic heterocycles. The van der Waals surface area contributed by atoms with Gasteiger partial charge in [0, 0.05) is 0 Å². The molecule has 0 heterocycles. The molecule has 9 N–H and O–H groups in total. The van der Waals surface area contributed by atoms with Crippen LogP contribution in [-0.2, 0) is 24.0 Å². The molecule has 0 aliphatic carbocycles. The molecule has 0 saturated carbocycles. The largest absolute Gasteiger partial charge is 0.481 e. The number of nitrogens with two attached hydrogens (primary N) is 2. The Morgan fingerprint density at radius 1 is 0.867 bits per heavy atom. The molecule has 0 aromatic heterocycles. The Balaban J connectivity index is 5.28. The third-order valence-corrected chi connectivity index (χ3v) is 4.29. The van der Waals surface area contributed by atoms with Gasteiger partial charge in [-0.2, -0.15) is 0 Å². The SMILES string of the molecule is CC(NC(=O)C(NC(=O)C(CCCCN)NC(=O)C(N)CC(=O)O)C(C)C)C(=O)O. The summed E-state index contributed by atoms with van der Waals surface area (Å²) in [7, 11) is 0. The van der Waals surface area contributed by atoms with Crippen LogP contribution in [0.1, 0.15) is 46.5 Å². The lowest BCUT2D eigenvalue weighted by atomic mass is 10.0. The fourth-order valence-electron chi connectivity index (χ4n) is 2.47. The molecule has 12 nitrogen and oxygen atoms in total. The molecule has 0 radical (unpaired) electrons. The molecular weight excluding hydrogens is 398 g/mol.